The summed E-state index contributed by atoms with van der Waals surface area (Å²) >= 11 is 1.27. The minimum atomic E-state index is -4.60. The van der Waals surface area contributed by atoms with Crippen molar-refractivity contribution < 1.29 is 46.6 Å². The molecule has 0 saturated carbocycles. The maximum Gasteiger partial charge on any atom is 0.406 e. The average Bonchev–Trinajstić information content (AvgIpc) is 3.96. The molecular weight excluding hydrogens is 978 g/mol. The summed E-state index contributed by atoms with van der Waals surface area (Å²) in [5.74, 6) is -2.15. The molecule has 0 unspecified atom stereocenters. The van der Waals surface area contributed by atoms with Gasteiger partial charge in [-0.25, -0.2) is 15.2 Å². The normalized spacial score (nSPS) is 21.5. The lowest BCUT2D eigenvalue weighted by Gasteiger charge is -2.53. The number of carbonyl (C=O) groups is 5. The van der Waals surface area contributed by atoms with Gasteiger partial charge in [0, 0.05) is 104 Å². The number of pyridine rings is 1. The van der Waals surface area contributed by atoms with Gasteiger partial charge in [0.15, 0.2) is 0 Å². The molecule has 8 rings (SSSR count). The van der Waals surface area contributed by atoms with Gasteiger partial charge in [0.05, 0.1) is 34.8 Å². The van der Waals surface area contributed by atoms with Gasteiger partial charge in [-0.15, -0.1) is 11.3 Å². The first kappa shape index (κ1) is 54.4. The number of aromatic nitrogens is 3. The number of nitrogens with zero attached hydrogens (tertiary/aromatic N) is 8. The Balaban J connectivity index is 1.13. The number of hydrogen-bond acceptors (Lipinski definition) is 12. The van der Waals surface area contributed by atoms with Gasteiger partial charge in [-0.3, -0.25) is 34.1 Å². The van der Waals surface area contributed by atoms with Crippen LogP contribution in [0.2, 0.25) is 0 Å². The van der Waals surface area contributed by atoms with E-state index in [1.165, 1.54) is 39.0 Å². The number of thiazole rings is 1. The fourth-order valence-electron chi connectivity index (χ4n) is 11.1. The van der Waals surface area contributed by atoms with Crippen molar-refractivity contribution in [1.82, 2.24) is 49.9 Å². The van der Waals surface area contributed by atoms with E-state index in [0.717, 1.165) is 0 Å². The van der Waals surface area contributed by atoms with Gasteiger partial charge in [-0.2, -0.15) is 13.2 Å². The Morgan fingerprint density at radius 2 is 1.82 bits per heavy atom. The number of hydrogen-bond donors (Lipinski definition) is 2. The highest BCUT2D eigenvalue weighted by atomic mass is 32.1. The number of halogens is 3. The predicted octanol–water partition coefficient (Wildman–Crippen LogP) is 6.62. The standard InChI is InChI=1S/C53H69F3N10O7S/c1-10-43(67)64-24-23-61(7)52(29-64)17-21-63(22-18-52)50(71)62(8)45(32(2)3)47(68)59-39-26-42-58-40(28-74-42)34-15-16-41-36(25-34)37(27-51(5,6)31-73-49(70)38-14-12-20-66(60-38)48(39)69)46(65(41)30-53(54,55)56)35-13-11-19-57-44(35)33(4)72-9/h10-11,13,15-16,19,25,28,32-33,38-39,45,60H,1,12,14,17-18,20-24,26-27,29-31H2,2-9H3,(H,59,68)/t33-,38-,39-,45-/m0/s1. The summed E-state index contributed by atoms with van der Waals surface area (Å²) in [5.41, 5.74) is 5.32. The van der Waals surface area contributed by atoms with Crippen LogP contribution < -0.4 is 10.7 Å². The van der Waals surface area contributed by atoms with Crippen LogP contribution in [-0.2, 0) is 48.0 Å². The molecule has 5 amide bonds. The molecule has 4 atom stereocenters. The lowest BCUT2D eigenvalue weighted by molar-refractivity contribution is -0.155. The van der Waals surface area contributed by atoms with Crippen molar-refractivity contribution in [3.05, 3.63) is 70.8 Å². The number of piperidine rings is 1. The number of esters is 1. The number of piperazine rings is 1. The SMILES string of the molecule is C=CC(=O)N1CCN(C)C2(CCN(C(=O)N(C)[C@H](C(=O)N[C@H]3Cc4nc(cs4)-c4ccc5c(c4)c(c(-c4cccnc4[C@H](C)OC)n5CC(F)(F)F)CC(C)(C)COC(=O)[C@@H]4CCCN(N4)C3=O)C(C)C)CC2)C1. The number of hydrazine groups is 1. The third-order valence-corrected chi connectivity index (χ3v) is 16.1. The second-order valence-corrected chi connectivity index (χ2v) is 22.4. The molecule has 0 aliphatic carbocycles. The third-order valence-electron chi connectivity index (χ3n) is 15.2. The molecular formula is C53H69F3N10O7S. The lowest BCUT2D eigenvalue weighted by atomic mass is 9.83. The van der Waals surface area contributed by atoms with Gasteiger partial charge < -0.3 is 34.1 Å². The Hall–Kier alpha value is -5.90. The highest BCUT2D eigenvalue weighted by molar-refractivity contribution is 7.10. The van der Waals surface area contributed by atoms with Crippen LogP contribution in [0.5, 0.6) is 0 Å². The second-order valence-electron chi connectivity index (χ2n) is 21.4. The first-order valence-corrected chi connectivity index (χ1v) is 26.2. The summed E-state index contributed by atoms with van der Waals surface area (Å²) in [6.45, 7) is 14.4. The van der Waals surface area contributed by atoms with E-state index in [1.807, 2.05) is 51.1 Å². The van der Waals surface area contributed by atoms with Crippen molar-refractivity contribution in [2.75, 3.05) is 67.1 Å². The number of urea groups is 1. The number of nitrogens with one attached hydrogen (secondary N) is 2. The molecule has 3 saturated heterocycles. The number of likely N-dealkylation sites (N-methyl/N-ethyl adjacent to an activating group) is 2. The molecule has 74 heavy (non-hydrogen) atoms. The number of likely N-dealkylation sites (tertiary alicyclic amines) is 1. The van der Waals surface area contributed by atoms with Crippen LogP contribution in [0.3, 0.4) is 0 Å². The van der Waals surface area contributed by atoms with Crippen LogP contribution >= 0.6 is 11.3 Å². The monoisotopic (exact) mass is 1050 g/mol. The first-order valence-electron chi connectivity index (χ1n) is 25.4. The topological polar surface area (TPSA) is 175 Å². The van der Waals surface area contributed by atoms with E-state index < -0.39 is 60.1 Å². The number of cyclic esters (lactones) is 1. The number of methoxy groups -OCH3 is 1. The first-order chi connectivity index (χ1) is 35.0. The van der Waals surface area contributed by atoms with Crippen molar-refractivity contribution in [2.24, 2.45) is 11.3 Å². The summed E-state index contributed by atoms with van der Waals surface area (Å²) < 4.78 is 57.1. The maximum atomic E-state index is 14.7. The molecule has 3 fully saturated rings. The Kier molecular flexibility index (Phi) is 16.0. The van der Waals surface area contributed by atoms with Crippen molar-refractivity contribution in [3.63, 3.8) is 0 Å². The van der Waals surface area contributed by atoms with Crippen LogP contribution in [0.4, 0.5) is 18.0 Å². The highest BCUT2D eigenvalue weighted by Crippen LogP contribution is 2.43. The number of alkyl halides is 3. The van der Waals surface area contributed by atoms with Gasteiger partial charge in [0.2, 0.25) is 11.8 Å². The molecule has 4 aliphatic rings. The number of rotatable bonds is 9. The summed E-state index contributed by atoms with van der Waals surface area (Å²) in [4.78, 5) is 87.1. The third kappa shape index (κ3) is 11.4. The van der Waals surface area contributed by atoms with Crippen LogP contribution in [0, 0.1) is 11.3 Å². The minimum absolute atomic E-state index is 0.0482. The van der Waals surface area contributed by atoms with E-state index in [9.17, 15) is 37.1 Å². The fraction of sp³-hybridized carbons (Fsp3) is 0.566. The molecule has 4 aliphatic heterocycles. The number of ether oxygens (including phenoxy) is 2. The van der Waals surface area contributed by atoms with Gasteiger partial charge in [-0.1, -0.05) is 40.3 Å². The predicted molar refractivity (Wildman–Crippen MR) is 274 cm³/mol. The van der Waals surface area contributed by atoms with Crippen molar-refractivity contribution in [1.29, 1.82) is 0 Å². The maximum absolute atomic E-state index is 14.7. The molecule has 6 bridgehead atoms. The molecule has 17 nitrogen and oxygen atoms in total. The van der Waals surface area contributed by atoms with E-state index in [4.69, 9.17) is 14.5 Å². The van der Waals surface area contributed by atoms with E-state index in [0.29, 0.717) is 108 Å². The minimum Gasteiger partial charge on any atom is -0.464 e. The average molecular weight is 1050 g/mol. The highest BCUT2D eigenvalue weighted by Gasteiger charge is 2.46. The van der Waals surface area contributed by atoms with Gasteiger partial charge in [0.1, 0.15) is 24.7 Å². The quantitative estimate of drug-likeness (QED) is 0.136. The Bertz CT molecular complexity index is 2770. The summed E-state index contributed by atoms with van der Waals surface area (Å²) in [6.07, 6.45) is -0.0228. The van der Waals surface area contributed by atoms with Crippen LogP contribution in [0.15, 0.2) is 54.6 Å². The van der Waals surface area contributed by atoms with E-state index in [2.05, 4.69) is 27.2 Å². The summed E-state index contributed by atoms with van der Waals surface area (Å²) in [6, 6.07) is 5.23. The van der Waals surface area contributed by atoms with Gasteiger partial charge in [-0.05, 0) is 87.9 Å². The Labute approximate surface area is 434 Å². The molecule has 1 aromatic carbocycles. The van der Waals surface area contributed by atoms with E-state index in [-0.39, 0.29) is 49.4 Å². The summed E-state index contributed by atoms with van der Waals surface area (Å²) in [7, 11) is 5.15. The number of fused-ring (bicyclic) bond motifs is 6. The molecule has 0 radical (unpaired) electrons. The lowest BCUT2D eigenvalue weighted by Crippen LogP contribution is -2.66. The van der Waals surface area contributed by atoms with Crippen molar-refractivity contribution >= 4 is 52.0 Å². The van der Waals surface area contributed by atoms with Gasteiger partial charge in [0.25, 0.3) is 5.91 Å². The van der Waals surface area contributed by atoms with Crippen LogP contribution in [0.25, 0.3) is 33.4 Å². The largest absolute Gasteiger partial charge is 0.464 e. The van der Waals surface area contributed by atoms with Crippen molar-refractivity contribution in [3.8, 4) is 22.5 Å². The molecule has 400 valence electrons. The molecule has 7 heterocycles. The molecule has 2 N–H and O–H groups in total. The van der Waals surface area contributed by atoms with Gasteiger partial charge >= 0.3 is 18.2 Å². The zero-order chi connectivity index (χ0) is 53.4. The van der Waals surface area contributed by atoms with Crippen molar-refractivity contribution in [2.45, 2.75) is 116 Å². The number of amides is 5. The van der Waals surface area contributed by atoms with E-state index >= 15 is 0 Å². The van der Waals surface area contributed by atoms with Crippen LogP contribution in [-0.4, -0.2) is 166 Å². The molecule has 3 aromatic heterocycles. The van der Waals surface area contributed by atoms with Crippen LogP contribution in [0.1, 0.15) is 82.7 Å². The Morgan fingerprint density at radius 3 is 2.51 bits per heavy atom. The zero-order valence-electron chi connectivity index (χ0n) is 43.6. The Morgan fingerprint density at radius 1 is 1.08 bits per heavy atom. The number of benzene rings is 1. The van der Waals surface area contributed by atoms with E-state index in [1.54, 1.807) is 49.3 Å². The summed E-state index contributed by atoms with van der Waals surface area (Å²) in [5, 5.41) is 7.20. The second kappa shape index (κ2) is 21.8. The molecule has 4 aromatic rings. The molecule has 1 spiro atoms. The number of carbonyl (C=O) groups excluding carboxylic acids is 5. The fourth-order valence-corrected chi connectivity index (χ4v) is 12.0. The smallest absolute Gasteiger partial charge is 0.406 e. The zero-order valence-corrected chi connectivity index (χ0v) is 44.4. The molecule has 21 heteroatoms.